The van der Waals surface area contributed by atoms with Gasteiger partial charge in [0, 0.05) is 12.3 Å². The molecule has 0 saturated heterocycles. The molecule has 16 heavy (non-hydrogen) atoms. The summed E-state index contributed by atoms with van der Waals surface area (Å²) >= 11 is 1.46. The number of hydrogen-bond donors (Lipinski definition) is 0. The molecule has 2 heterocycles. The molecule has 0 saturated carbocycles. The Labute approximate surface area is 97.2 Å². The summed E-state index contributed by atoms with van der Waals surface area (Å²) < 4.78 is 10.3. The predicted molar refractivity (Wildman–Crippen MR) is 60.6 cm³/mol. The second-order valence-corrected chi connectivity index (χ2v) is 3.89. The standard InChI is InChI=1S/C10H11N3O2S/c1-6-4-8(15-13-6)7-5-11-10(16-3)12-9(7)14-2/h4-5H,1-3H3. The number of aromatic nitrogens is 3. The van der Waals surface area contributed by atoms with Crippen LogP contribution in [0.25, 0.3) is 11.3 Å². The molecule has 0 amide bonds. The van der Waals surface area contributed by atoms with E-state index in [1.165, 1.54) is 11.8 Å². The molecule has 0 atom stereocenters. The Hall–Kier alpha value is -1.56. The van der Waals surface area contributed by atoms with Crippen LogP contribution in [-0.2, 0) is 0 Å². The van der Waals surface area contributed by atoms with Crippen molar-refractivity contribution >= 4 is 11.8 Å². The fraction of sp³-hybridized carbons (Fsp3) is 0.300. The third kappa shape index (κ3) is 2.01. The molecule has 2 rings (SSSR count). The van der Waals surface area contributed by atoms with Gasteiger partial charge in [-0.1, -0.05) is 16.9 Å². The molecule has 0 aromatic carbocycles. The Bertz CT molecular complexity index is 499. The largest absolute Gasteiger partial charge is 0.480 e. The zero-order valence-corrected chi connectivity index (χ0v) is 10.0. The summed E-state index contributed by atoms with van der Waals surface area (Å²) in [6, 6.07) is 1.82. The van der Waals surface area contributed by atoms with Crippen LogP contribution in [0.1, 0.15) is 5.69 Å². The number of hydrogen-bond acceptors (Lipinski definition) is 6. The van der Waals surface area contributed by atoms with E-state index < -0.39 is 0 Å². The summed E-state index contributed by atoms with van der Waals surface area (Å²) in [5.41, 5.74) is 1.52. The molecule has 0 fully saturated rings. The van der Waals surface area contributed by atoms with Crippen LogP contribution in [0, 0.1) is 6.92 Å². The van der Waals surface area contributed by atoms with Crippen molar-refractivity contribution < 1.29 is 9.26 Å². The second kappa shape index (κ2) is 4.52. The average Bonchev–Trinajstić information content (AvgIpc) is 2.74. The van der Waals surface area contributed by atoms with Crippen LogP contribution in [0.15, 0.2) is 21.9 Å². The van der Waals surface area contributed by atoms with E-state index in [9.17, 15) is 0 Å². The van der Waals surface area contributed by atoms with E-state index in [2.05, 4.69) is 15.1 Å². The third-order valence-electron chi connectivity index (χ3n) is 2.00. The van der Waals surface area contributed by atoms with Gasteiger partial charge in [0.1, 0.15) is 5.56 Å². The fourth-order valence-electron chi connectivity index (χ4n) is 1.26. The summed E-state index contributed by atoms with van der Waals surface area (Å²) in [6.45, 7) is 1.86. The van der Waals surface area contributed by atoms with Crippen LogP contribution < -0.4 is 4.74 Å². The Morgan fingerprint density at radius 1 is 1.44 bits per heavy atom. The van der Waals surface area contributed by atoms with Crippen molar-refractivity contribution in [1.82, 2.24) is 15.1 Å². The number of ether oxygens (including phenoxy) is 1. The predicted octanol–water partition coefficient (Wildman–Crippen LogP) is 2.17. The van der Waals surface area contributed by atoms with Crippen molar-refractivity contribution in [2.75, 3.05) is 13.4 Å². The molecule has 0 aliphatic rings. The van der Waals surface area contributed by atoms with Crippen molar-refractivity contribution in [2.45, 2.75) is 12.1 Å². The van der Waals surface area contributed by atoms with Gasteiger partial charge in [-0.15, -0.1) is 0 Å². The first kappa shape index (κ1) is 10.9. The van der Waals surface area contributed by atoms with Crippen LogP contribution in [-0.4, -0.2) is 28.5 Å². The van der Waals surface area contributed by atoms with Gasteiger partial charge in [-0.25, -0.2) is 4.98 Å². The van der Waals surface area contributed by atoms with Gasteiger partial charge in [0.15, 0.2) is 10.9 Å². The lowest BCUT2D eigenvalue weighted by Gasteiger charge is -2.04. The SMILES string of the molecule is COc1nc(SC)ncc1-c1cc(C)no1. The van der Waals surface area contributed by atoms with Gasteiger partial charge in [0.25, 0.3) is 0 Å². The molecule has 5 nitrogen and oxygen atoms in total. The topological polar surface area (TPSA) is 61.0 Å². The zero-order chi connectivity index (χ0) is 11.5. The lowest BCUT2D eigenvalue weighted by Crippen LogP contribution is -1.94. The molecule has 0 unspecified atom stereocenters. The van der Waals surface area contributed by atoms with Crippen LogP contribution in [0.5, 0.6) is 5.88 Å². The maximum absolute atomic E-state index is 5.20. The van der Waals surface area contributed by atoms with Gasteiger partial charge in [-0.3, -0.25) is 0 Å². The average molecular weight is 237 g/mol. The molecule has 0 radical (unpaired) electrons. The Balaban J connectivity index is 2.48. The van der Waals surface area contributed by atoms with E-state index in [1.54, 1.807) is 13.3 Å². The van der Waals surface area contributed by atoms with Crippen LogP contribution >= 0.6 is 11.8 Å². The first-order valence-corrected chi connectivity index (χ1v) is 5.85. The van der Waals surface area contributed by atoms with E-state index in [0.29, 0.717) is 22.4 Å². The van der Waals surface area contributed by atoms with E-state index >= 15 is 0 Å². The molecule has 6 heteroatoms. The fourth-order valence-corrected chi connectivity index (χ4v) is 1.60. The molecule has 0 aliphatic heterocycles. The Morgan fingerprint density at radius 2 is 2.25 bits per heavy atom. The van der Waals surface area contributed by atoms with Crippen LogP contribution in [0.4, 0.5) is 0 Å². The molecule has 0 aliphatic carbocycles. The minimum Gasteiger partial charge on any atom is -0.480 e. The van der Waals surface area contributed by atoms with Crippen LogP contribution in [0.2, 0.25) is 0 Å². The summed E-state index contributed by atoms with van der Waals surface area (Å²) in [6.07, 6.45) is 3.59. The Kier molecular flexibility index (Phi) is 3.09. The molecule has 0 bridgehead atoms. The maximum atomic E-state index is 5.20. The van der Waals surface area contributed by atoms with Crippen molar-refractivity contribution in [3.8, 4) is 17.2 Å². The summed E-state index contributed by atoms with van der Waals surface area (Å²) in [5.74, 6) is 1.11. The van der Waals surface area contributed by atoms with Gasteiger partial charge < -0.3 is 9.26 Å². The maximum Gasteiger partial charge on any atom is 0.228 e. The lowest BCUT2D eigenvalue weighted by atomic mass is 10.2. The van der Waals surface area contributed by atoms with Crippen molar-refractivity contribution in [3.63, 3.8) is 0 Å². The molecular formula is C10H11N3O2S. The highest BCUT2D eigenvalue weighted by Crippen LogP contribution is 2.29. The summed E-state index contributed by atoms with van der Waals surface area (Å²) in [4.78, 5) is 8.41. The van der Waals surface area contributed by atoms with E-state index in [1.807, 2.05) is 19.2 Å². The number of thioether (sulfide) groups is 1. The van der Waals surface area contributed by atoms with Gasteiger partial charge in [0.05, 0.1) is 12.8 Å². The highest BCUT2D eigenvalue weighted by Gasteiger charge is 2.13. The van der Waals surface area contributed by atoms with Gasteiger partial charge >= 0.3 is 0 Å². The first-order chi connectivity index (χ1) is 7.74. The number of rotatable bonds is 3. The monoisotopic (exact) mass is 237 g/mol. The normalized spacial score (nSPS) is 10.4. The third-order valence-corrected chi connectivity index (χ3v) is 2.56. The molecular weight excluding hydrogens is 226 g/mol. The van der Waals surface area contributed by atoms with Gasteiger partial charge in [-0.2, -0.15) is 4.98 Å². The van der Waals surface area contributed by atoms with Crippen molar-refractivity contribution in [2.24, 2.45) is 0 Å². The molecule has 2 aromatic heterocycles. The number of methoxy groups -OCH3 is 1. The zero-order valence-electron chi connectivity index (χ0n) is 9.22. The highest BCUT2D eigenvalue weighted by atomic mass is 32.2. The van der Waals surface area contributed by atoms with Crippen LogP contribution in [0.3, 0.4) is 0 Å². The van der Waals surface area contributed by atoms with Gasteiger partial charge in [-0.05, 0) is 13.2 Å². The Morgan fingerprint density at radius 3 is 2.81 bits per heavy atom. The summed E-state index contributed by atoms with van der Waals surface area (Å²) in [5, 5.41) is 4.48. The first-order valence-electron chi connectivity index (χ1n) is 4.63. The molecule has 0 N–H and O–H groups in total. The quantitative estimate of drug-likeness (QED) is 0.602. The minimum atomic E-state index is 0.496. The second-order valence-electron chi connectivity index (χ2n) is 3.11. The lowest BCUT2D eigenvalue weighted by molar-refractivity contribution is 0.386. The van der Waals surface area contributed by atoms with Gasteiger partial charge in [0.2, 0.25) is 5.88 Å². The molecule has 84 valence electrons. The number of nitrogens with zero attached hydrogens (tertiary/aromatic N) is 3. The van der Waals surface area contributed by atoms with E-state index in [4.69, 9.17) is 9.26 Å². The molecule has 0 spiro atoms. The van der Waals surface area contributed by atoms with Crippen molar-refractivity contribution in [1.29, 1.82) is 0 Å². The minimum absolute atomic E-state index is 0.496. The number of aryl methyl sites for hydroxylation is 1. The highest BCUT2D eigenvalue weighted by molar-refractivity contribution is 7.98. The van der Waals surface area contributed by atoms with E-state index in [-0.39, 0.29) is 0 Å². The van der Waals surface area contributed by atoms with E-state index in [0.717, 1.165) is 5.69 Å². The summed E-state index contributed by atoms with van der Waals surface area (Å²) in [7, 11) is 1.57. The molecule has 2 aromatic rings. The van der Waals surface area contributed by atoms with Crippen molar-refractivity contribution in [3.05, 3.63) is 18.0 Å². The smallest absolute Gasteiger partial charge is 0.228 e.